The summed E-state index contributed by atoms with van der Waals surface area (Å²) in [6, 6.07) is 0.481. The molecular formula is C13H21N5O3. The van der Waals surface area contributed by atoms with Crippen molar-refractivity contribution in [3.63, 3.8) is 0 Å². The second-order valence-corrected chi connectivity index (χ2v) is 5.32. The van der Waals surface area contributed by atoms with E-state index in [-0.39, 0.29) is 24.2 Å². The molecule has 21 heavy (non-hydrogen) atoms. The first-order valence-corrected chi connectivity index (χ1v) is 7.15. The molecule has 8 nitrogen and oxygen atoms in total. The van der Waals surface area contributed by atoms with Crippen molar-refractivity contribution in [2.24, 2.45) is 5.73 Å². The van der Waals surface area contributed by atoms with Gasteiger partial charge in [0.15, 0.2) is 0 Å². The molecule has 1 aliphatic heterocycles. The first kappa shape index (κ1) is 15.4. The molecule has 116 valence electrons. The van der Waals surface area contributed by atoms with E-state index in [9.17, 15) is 9.59 Å². The van der Waals surface area contributed by atoms with Gasteiger partial charge in [-0.3, -0.25) is 9.59 Å². The molecule has 0 saturated carbocycles. The highest BCUT2D eigenvalue weighted by Gasteiger charge is 2.19. The SMILES string of the molecule is CN1CCCC[C@H]1CCC(=O)NCc1nc(C(N)=O)no1. The number of amides is 2. The maximum Gasteiger partial charge on any atom is 0.290 e. The third-order valence-corrected chi connectivity index (χ3v) is 3.75. The van der Waals surface area contributed by atoms with E-state index >= 15 is 0 Å². The van der Waals surface area contributed by atoms with Gasteiger partial charge in [0.25, 0.3) is 11.7 Å². The lowest BCUT2D eigenvalue weighted by atomic mass is 9.98. The summed E-state index contributed by atoms with van der Waals surface area (Å²) in [5.74, 6) is -0.820. The molecule has 0 radical (unpaired) electrons. The number of aromatic nitrogens is 2. The molecule has 2 rings (SSSR count). The van der Waals surface area contributed by atoms with Gasteiger partial charge in [0.05, 0.1) is 6.54 Å². The Bertz CT molecular complexity index is 502. The Kier molecular flexibility index (Phi) is 5.26. The minimum Gasteiger partial charge on any atom is -0.363 e. The Morgan fingerprint density at radius 3 is 2.95 bits per heavy atom. The van der Waals surface area contributed by atoms with E-state index in [1.165, 1.54) is 12.8 Å². The van der Waals surface area contributed by atoms with Crippen molar-refractivity contribution in [3.8, 4) is 0 Å². The van der Waals surface area contributed by atoms with Crippen LogP contribution in [0.5, 0.6) is 0 Å². The zero-order valence-electron chi connectivity index (χ0n) is 12.2. The van der Waals surface area contributed by atoms with Crippen molar-refractivity contribution in [1.82, 2.24) is 20.4 Å². The number of hydrogen-bond donors (Lipinski definition) is 2. The number of carbonyl (C=O) groups excluding carboxylic acids is 2. The van der Waals surface area contributed by atoms with Crippen LogP contribution >= 0.6 is 0 Å². The fourth-order valence-corrected chi connectivity index (χ4v) is 2.50. The van der Waals surface area contributed by atoms with E-state index in [0.29, 0.717) is 12.5 Å². The number of rotatable bonds is 6. The van der Waals surface area contributed by atoms with E-state index < -0.39 is 5.91 Å². The Labute approximate surface area is 123 Å². The quantitative estimate of drug-likeness (QED) is 0.766. The van der Waals surface area contributed by atoms with Gasteiger partial charge in [-0.2, -0.15) is 4.98 Å². The number of nitrogens with two attached hydrogens (primary N) is 1. The van der Waals surface area contributed by atoms with Crippen LogP contribution in [0.15, 0.2) is 4.52 Å². The molecule has 3 N–H and O–H groups in total. The average molecular weight is 295 g/mol. The van der Waals surface area contributed by atoms with Crippen LogP contribution in [0.25, 0.3) is 0 Å². The molecule has 1 aliphatic rings. The van der Waals surface area contributed by atoms with Crippen molar-refractivity contribution >= 4 is 11.8 Å². The Morgan fingerprint density at radius 2 is 2.29 bits per heavy atom. The van der Waals surface area contributed by atoms with Gasteiger partial charge in [-0.05, 0) is 32.9 Å². The fraction of sp³-hybridized carbons (Fsp3) is 0.692. The molecule has 0 unspecified atom stereocenters. The molecule has 2 heterocycles. The molecule has 8 heteroatoms. The molecule has 0 spiro atoms. The first-order chi connectivity index (χ1) is 10.1. The highest BCUT2D eigenvalue weighted by atomic mass is 16.5. The second kappa shape index (κ2) is 7.16. The summed E-state index contributed by atoms with van der Waals surface area (Å²) < 4.78 is 4.80. The number of nitrogens with one attached hydrogen (secondary N) is 1. The lowest BCUT2D eigenvalue weighted by Crippen LogP contribution is -2.37. The van der Waals surface area contributed by atoms with Crippen LogP contribution in [0.2, 0.25) is 0 Å². The number of likely N-dealkylation sites (tertiary alicyclic amines) is 1. The molecule has 2 amide bonds. The number of carbonyl (C=O) groups is 2. The summed E-state index contributed by atoms with van der Waals surface area (Å²) in [6.45, 7) is 1.21. The number of nitrogens with zero attached hydrogens (tertiary/aromatic N) is 3. The average Bonchev–Trinajstić information content (AvgIpc) is 2.93. The van der Waals surface area contributed by atoms with E-state index in [1.807, 2.05) is 0 Å². The van der Waals surface area contributed by atoms with Crippen LogP contribution in [0.1, 0.15) is 48.6 Å². The smallest absolute Gasteiger partial charge is 0.290 e. The summed E-state index contributed by atoms with van der Waals surface area (Å²) in [5.41, 5.74) is 5.01. The summed E-state index contributed by atoms with van der Waals surface area (Å²) in [4.78, 5) is 28.7. The van der Waals surface area contributed by atoms with Gasteiger partial charge in [-0.25, -0.2) is 0 Å². The molecule has 0 bridgehead atoms. The van der Waals surface area contributed by atoms with Gasteiger partial charge >= 0.3 is 0 Å². The van der Waals surface area contributed by atoms with Gasteiger partial charge < -0.3 is 20.5 Å². The van der Waals surface area contributed by atoms with Crippen molar-refractivity contribution < 1.29 is 14.1 Å². The van der Waals surface area contributed by atoms with Crippen molar-refractivity contribution in [1.29, 1.82) is 0 Å². The second-order valence-electron chi connectivity index (χ2n) is 5.32. The minimum absolute atomic E-state index is 0.0622. The highest BCUT2D eigenvalue weighted by molar-refractivity contribution is 5.88. The molecule has 1 fully saturated rings. The maximum atomic E-state index is 11.8. The number of piperidine rings is 1. The normalized spacial score (nSPS) is 19.4. The van der Waals surface area contributed by atoms with E-state index in [1.54, 1.807) is 0 Å². The largest absolute Gasteiger partial charge is 0.363 e. The topological polar surface area (TPSA) is 114 Å². The molecular weight excluding hydrogens is 274 g/mol. The third-order valence-electron chi connectivity index (χ3n) is 3.75. The van der Waals surface area contributed by atoms with Gasteiger partial charge in [-0.1, -0.05) is 11.6 Å². The summed E-state index contributed by atoms with van der Waals surface area (Å²) >= 11 is 0. The molecule has 1 aromatic rings. The van der Waals surface area contributed by atoms with Crippen molar-refractivity contribution in [2.75, 3.05) is 13.6 Å². The summed E-state index contributed by atoms with van der Waals surface area (Å²) in [5, 5.41) is 6.10. The highest BCUT2D eigenvalue weighted by Crippen LogP contribution is 2.18. The molecule has 1 aromatic heterocycles. The zero-order valence-corrected chi connectivity index (χ0v) is 12.2. The maximum absolute atomic E-state index is 11.8. The van der Waals surface area contributed by atoms with E-state index in [0.717, 1.165) is 19.4 Å². The fourth-order valence-electron chi connectivity index (χ4n) is 2.50. The van der Waals surface area contributed by atoms with Crippen LogP contribution in [0.4, 0.5) is 0 Å². The predicted octanol–water partition coefficient (Wildman–Crippen LogP) is 0.0492. The van der Waals surface area contributed by atoms with Crippen LogP contribution < -0.4 is 11.1 Å². The number of hydrogen-bond acceptors (Lipinski definition) is 6. The van der Waals surface area contributed by atoms with Crippen LogP contribution in [-0.4, -0.2) is 46.5 Å². The summed E-state index contributed by atoms with van der Waals surface area (Å²) in [6.07, 6.45) is 4.92. The van der Waals surface area contributed by atoms with Crippen molar-refractivity contribution in [2.45, 2.75) is 44.7 Å². The van der Waals surface area contributed by atoms with Crippen LogP contribution in [0.3, 0.4) is 0 Å². The standard InChI is InChI=1S/C13H21N5O3/c1-18-7-3-2-4-9(18)5-6-10(19)15-8-11-16-13(12(14)20)17-21-11/h9H,2-8H2,1H3,(H2,14,20)(H,15,19)/t9-/m0/s1. The molecule has 1 atom stereocenters. The van der Waals surface area contributed by atoms with Crippen LogP contribution in [-0.2, 0) is 11.3 Å². The van der Waals surface area contributed by atoms with Gasteiger partial charge in [0.1, 0.15) is 0 Å². The van der Waals surface area contributed by atoms with E-state index in [2.05, 4.69) is 27.4 Å². The predicted molar refractivity (Wildman–Crippen MR) is 74.2 cm³/mol. The number of primary amides is 1. The monoisotopic (exact) mass is 295 g/mol. The Balaban J connectivity index is 1.70. The van der Waals surface area contributed by atoms with E-state index in [4.69, 9.17) is 10.3 Å². The zero-order chi connectivity index (χ0) is 15.2. The molecule has 1 saturated heterocycles. The van der Waals surface area contributed by atoms with Gasteiger partial charge in [0, 0.05) is 12.5 Å². The Morgan fingerprint density at radius 1 is 1.48 bits per heavy atom. The lowest BCUT2D eigenvalue weighted by molar-refractivity contribution is -0.121. The summed E-state index contributed by atoms with van der Waals surface area (Å²) in [7, 11) is 2.10. The van der Waals surface area contributed by atoms with Gasteiger partial charge in [0.2, 0.25) is 11.8 Å². The lowest BCUT2D eigenvalue weighted by Gasteiger charge is -2.32. The Hall–Kier alpha value is -1.96. The minimum atomic E-state index is -0.753. The third kappa shape index (κ3) is 4.52. The van der Waals surface area contributed by atoms with Crippen molar-refractivity contribution in [3.05, 3.63) is 11.7 Å². The molecule has 0 aromatic carbocycles. The molecule has 0 aliphatic carbocycles. The van der Waals surface area contributed by atoms with Crippen LogP contribution in [0, 0.1) is 0 Å². The first-order valence-electron chi connectivity index (χ1n) is 7.15. The van der Waals surface area contributed by atoms with Gasteiger partial charge in [-0.15, -0.1) is 0 Å².